The van der Waals surface area contributed by atoms with Gasteiger partial charge >= 0.3 is 0 Å². The fraction of sp³-hybridized carbons (Fsp3) is 0.360. The van der Waals surface area contributed by atoms with E-state index in [0.717, 1.165) is 69.3 Å². The van der Waals surface area contributed by atoms with Gasteiger partial charge in [-0.1, -0.05) is 42.6 Å². The summed E-state index contributed by atoms with van der Waals surface area (Å²) in [4.78, 5) is 24.8. The highest BCUT2D eigenvalue weighted by atomic mass is 35.5. The van der Waals surface area contributed by atoms with Gasteiger partial charge in [0.05, 0.1) is 18.5 Å². The third-order valence-corrected chi connectivity index (χ3v) is 8.81. The molecule has 0 spiro atoms. The van der Waals surface area contributed by atoms with E-state index >= 15 is 0 Å². The van der Waals surface area contributed by atoms with Crippen molar-refractivity contribution < 1.29 is 9.53 Å². The number of amidine groups is 1. The van der Waals surface area contributed by atoms with Gasteiger partial charge in [0.2, 0.25) is 0 Å². The summed E-state index contributed by atoms with van der Waals surface area (Å²) in [5.74, 6) is 0.859. The van der Waals surface area contributed by atoms with Gasteiger partial charge in [-0.2, -0.15) is 0 Å². The Morgan fingerprint density at radius 3 is 2.55 bits per heavy atom. The molecule has 2 aromatic rings. The zero-order valence-electron chi connectivity index (χ0n) is 18.7. The Hall–Kier alpha value is -2.09. The van der Waals surface area contributed by atoms with Gasteiger partial charge in [0.1, 0.15) is 15.7 Å². The Labute approximate surface area is 208 Å². The number of fused-ring (bicyclic) bond motifs is 1. The van der Waals surface area contributed by atoms with Crippen molar-refractivity contribution in [1.82, 2.24) is 4.90 Å². The van der Waals surface area contributed by atoms with Crippen LogP contribution in [0.2, 0.25) is 5.02 Å². The molecule has 5 rings (SSSR count). The van der Waals surface area contributed by atoms with Gasteiger partial charge in [0.15, 0.2) is 5.17 Å². The minimum atomic E-state index is 0.0685. The number of halogens is 1. The van der Waals surface area contributed by atoms with Crippen molar-refractivity contribution in [3.05, 3.63) is 57.4 Å². The van der Waals surface area contributed by atoms with E-state index < -0.39 is 0 Å². The van der Waals surface area contributed by atoms with Crippen molar-refractivity contribution in [2.45, 2.75) is 50.0 Å². The van der Waals surface area contributed by atoms with Crippen LogP contribution in [-0.4, -0.2) is 35.7 Å². The van der Waals surface area contributed by atoms with Crippen LogP contribution in [0.15, 0.2) is 62.3 Å². The molecule has 33 heavy (non-hydrogen) atoms. The predicted octanol–water partition coefficient (Wildman–Crippen LogP) is 7.05. The van der Waals surface area contributed by atoms with Crippen LogP contribution in [0.5, 0.6) is 5.75 Å². The van der Waals surface area contributed by atoms with Crippen molar-refractivity contribution in [2.75, 3.05) is 18.6 Å². The van der Waals surface area contributed by atoms with E-state index in [1.54, 1.807) is 18.9 Å². The van der Waals surface area contributed by atoms with Crippen molar-refractivity contribution in [3.63, 3.8) is 0 Å². The van der Waals surface area contributed by atoms with Gasteiger partial charge in [0, 0.05) is 22.5 Å². The summed E-state index contributed by atoms with van der Waals surface area (Å²) in [7, 11) is 1.65. The molecule has 3 aliphatic rings. The number of amides is 1. The summed E-state index contributed by atoms with van der Waals surface area (Å²) < 4.78 is 5.28. The lowest BCUT2D eigenvalue weighted by atomic mass is 9.94. The Bertz CT molecular complexity index is 1130. The van der Waals surface area contributed by atoms with Gasteiger partial charge in [-0.05, 0) is 74.0 Å². The average molecular weight is 500 g/mol. The van der Waals surface area contributed by atoms with Crippen molar-refractivity contribution >= 4 is 57.6 Å². The average Bonchev–Trinajstić information content (AvgIpc) is 3.36. The van der Waals surface area contributed by atoms with Gasteiger partial charge in [0.25, 0.3) is 5.91 Å². The quantitative estimate of drug-likeness (QED) is 0.422. The monoisotopic (exact) mass is 499 g/mol. The van der Waals surface area contributed by atoms with Crippen LogP contribution in [-0.2, 0) is 4.79 Å². The maximum absolute atomic E-state index is 13.9. The largest absolute Gasteiger partial charge is 0.497 e. The normalized spacial score (nSPS) is 22.4. The molecule has 0 radical (unpaired) electrons. The smallest absolute Gasteiger partial charge is 0.269 e. The number of nitrogens with zero attached hydrogens (tertiary/aromatic N) is 3. The van der Waals surface area contributed by atoms with E-state index in [1.165, 1.54) is 18.2 Å². The van der Waals surface area contributed by atoms with Crippen LogP contribution in [0.4, 0.5) is 11.4 Å². The molecular weight excluding hydrogens is 474 g/mol. The summed E-state index contributed by atoms with van der Waals surface area (Å²) in [6, 6.07) is 13.8. The summed E-state index contributed by atoms with van der Waals surface area (Å²) >= 11 is 9.42. The van der Waals surface area contributed by atoms with Crippen LogP contribution in [0.1, 0.15) is 39.0 Å². The molecule has 2 aromatic carbocycles. The molecule has 0 bridgehead atoms. The van der Waals surface area contributed by atoms with E-state index in [4.69, 9.17) is 21.3 Å². The second-order valence-electron chi connectivity index (χ2n) is 8.25. The second kappa shape index (κ2) is 9.65. The number of benzene rings is 2. The van der Waals surface area contributed by atoms with Crippen LogP contribution in [0.3, 0.4) is 0 Å². The van der Waals surface area contributed by atoms with E-state index in [9.17, 15) is 4.79 Å². The molecule has 1 aliphatic carbocycles. The maximum Gasteiger partial charge on any atom is 0.269 e. The van der Waals surface area contributed by atoms with E-state index in [2.05, 4.69) is 11.8 Å². The number of ether oxygens (including phenoxy) is 1. The lowest BCUT2D eigenvalue weighted by Gasteiger charge is -2.30. The van der Waals surface area contributed by atoms with Gasteiger partial charge in [-0.25, -0.2) is 4.99 Å². The Kier molecular flexibility index (Phi) is 6.63. The van der Waals surface area contributed by atoms with Crippen molar-refractivity contribution in [3.8, 4) is 5.75 Å². The highest BCUT2D eigenvalue weighted by molar-refractivity contribution is 8.19. The molecule has 8 heteroatoms. The summed E-state index contributed by atoms with van der Waals surface area (Å²) in [6.07, 6.45) is 5.59. The highest BCUT2D eigenvalue weighted by Crippen LogP contribution is 2.52. The first kappa shape index (κ1) is 22.7. The topological polar surface area (TPSA) is 45.1 Å². The molecule has 2 heterocycles. The molecule has 1 saturated heterocycles. The van der Waals surface area contributed by atoms with Crippen molar-refractivity contribution in [2.24, 2.45) is 4.99 Å². The zero-order valence-corrected chi connectivity index (χ0v) is 21.1. The van der Waals surface area contributed by atoms with E-state index in [1.807, 2.05) is 47.4 Å². The fourth-order valence-corrected chi connectivity index (χ4v) is 7.16. The number of methoxy groups -OCH3 is 1. The second-order valence-corrected chi connectivity index (χ2v) is 10.7. The number of aliphatic imine (C=N–C) groups is 1. The maximum atomic E-state index is 13.9. The molecule has 2 fully saturated rings. The standard InChI is InChI=1S/C25H26ClN3O2S2/c1-3-28-20-15-16(26)9-14-21(20)32-24(28)22-23(30)29(18-7-5-4-6-8-18)25(33-22)27-17-10-12-19(31-2)13-11-17/h9-15,18H,3-8H2,1-2H3. The van der Waals surface area contributed by atoms with E-state index in [0.29, 0.717) is 5.02 Å². The third-order valence-electron chi connectivity index (χ3n) is 6.22. The molecule has 1 amide bonds. The van der Waals surface area contributed by atoms with Crippen LogP contribution in [0, 0.1) is 0 Å². The first-order chi connectivity index (χ1) is 16.1. The molecular formula is C25H26ClN3O2S2. The summed E-state index contributed by atoms with van der Waals surface area (Å²) in [6.45, 7) is 2.87. The lowest BCUT2D eigenvalue weighted by molar-refractivity contribution is -0.124. The number of hydrogen-bond acceptors (Lipinski definition) is 6. The van der Waals surface area contributed by atoms with E-state index in [-0.39, 0.29) is 11.9 Å². The fourth-order valence-electron chi connectivity index (χ4n) is 4.56. The molecule has 2 aliphatic heterocycles. The minimum absolute atomic E-state index is 0.0685. The van der Waals surface area contributed by atoms with Gasteiger partial charge in [-0.15, -0.1) is 0 Å². The Morgan fingerprint density at radius 1 is 1.09 bits per heavy atom. The molecule has 0 atom stereocenters. The molecule has 0 N–H and O–H groups in total. The lowest BCUT2D eigenvalue weighted by Crippen LogP contribution is -2.40. The Balaban J connectivity index is 1.55. The van der Waals surface area contributed by atoms with Crippen LogP contribution >= 0.6 is 35.1 Å². The first-order valence-corrected chi connectivity index (χ1v) is 13.3. The predicted molar refractivity (Wildman–Crippen MR) is 139 cm³/mol. The molecule has 0 aromatic heterocycles. The van der Waals surface area contributed by atoms with Crippen molar-refractivity contribution in [1.29, 1.82) is 0 Å². The number of carbonyl (C=O) groups excluding carboxylic acids is 1. The highest BCUT2D eigenvalue weighted by Gasteiger charge is 2.42. The molecule has 0 unspecified atom stereocenters. The van der Waals surface area contributed by atoms with Crippen LogP contribution in [0.25, 0.3) is 0 Å². The number of anilines is 1. The van der Waals surface area contributed by atoms with Gasteiger partial charge in [-0.3, -0.25) is 9.69 Å². The minimum Gasteiger partial charge on any atom is -0.497 e. The number of hydrogen-bond donors (Lipinski definition) is 0. The number of thioether (sulfide) groups is 2. The molecule has 172 valence electrons. The zero-order chi connectivity index (χ0) is 22.9. The molecule has 1 saturated carbocycles. The Morgan fingerprint density at radius 2 is 1.85 bits per heavy atom. The summed E-state index contributed by atoms with van der Waals surface area (Å²) in [5, 5.41) is 2.45. The molecule has 5 nitrogen and oxygen atoms in total. The number of carbonyl (C=O) groups is 1. The van der Waals surface area contributed by atoms with Gasteiger partial charge < -0.3 is 9.64 Å². The van der Waals surface area contributed by atoms with Crippen LogP contribution < -0.4 is 9.64 Å². The summed E-state index contributed by atoms with van der Waals surface area (Å²) in [5.41, 5.74) is 1.88. The first-order valence-electron chi connectivity index (χ1n) is 11.3. The number of rotatable bonds is 4. The third kappa shape index (κ3) is 4.38. The SMILES string of the molecule is CCN1C(=C2SC(=Nc3ccc(OC)cc3)N(C3CCCCC3)C2=O)Sc2ccc(Cl)cc21.